The van der Waals surface area contributed by atoms with Gasteiger partial charge in [-0.2, -0.15) is 0 Å². The van der Waals surface area contributed by atoms with Crippen LogP contribution in [-0.4, -0.2) is 6.04 Å². The predicted molar refractivity (Wildman–Crippen MR) is 38.8 cm³/mol. The van der Waals surface area contributed by atoms with Crippen molar-refractivity contribution in [2.45, 2.75) is 25.3 Å². The van der Waals surface area contributed by atoms with E-state index in [1.807, 2.05) is 0 Å². The van der Waals surface area contributed by atoms with Crippen LogP contribution in [0.3, 0.4) is 0 Å². The fraction of sp³-hybridized carbons (Fsp3) is 0.500. The SMILES string of the molecule is [NH3+]C1/C=C\C/C=C\CC1. The van der Waals surface area contributed by atoms with Gasteiger partial charge in [0.05, 0.1) is 0 Å². The van der Waals surface area contributed by atoms with Gasteiger partial charge in [-0.1, -0.05) is 18.2 Å². The third-order valence-corrected chi connectivity index (χ3v) is 1.55. The largest absolute Gasteiger partial charge is 0.352 e. The Labute approximate surface area is 56.2 Å². The summed E-state index contributed by atoms with van der Waals surface area (Å²) in [5.41, 5.74) is 3.98. The van der Waals surface area contributed by atoms with E-state index in [1.54, 1.807) is 0 Å². The van der Waals surface area contributed by atoms with Gasteiger partial charge in [0.25, 0.3) is 0 Å². The summed E-state index contributed by atoms with van der Waals surface area (Å²) in [6, 6.07) is 0.537. The van der Waals surface area contributed by atoms with Crippen molar-refractivity contribution < 1.29 is 5.73 Å². The van der Waals surface area contributed by atoms with Crippen LogP contribution in [-0.2, 0) is 0 Å². The summed E-state index contributed by atoms with van der Waals surface area (Å²) in [4.78, 5) is 0. The third kappa shape index (κ3) is 2.47. The lowest BCUT2D eigenvalue weighted by Gasteiger charge is -2.01. The standard InChI is InChI=1S/C8H13N/c9-8-6-4-2-1-3-5-7-8/h1-2,5,7-8H,3-4,6,9H2/p+1/b2-1-,7-5-. The van der Waals surface area contributed by atoms with Crippen molar-refractivity contribution in [3.05, 3.63) is 24.3 Å². The smallest absolute Gasteiger partial charge is 0.103 e. The van der Waals surface area contributed by atoms with Crippen molar-refractivity contribution in [3.63, 3.8) is 0 Å². The summed E-state index contributed by atoms with van der Waals surface area (Å²) in [7, 11) is 0. The Morgan fingerprint density at radius 1 is 1.22 bits per heavy atom. The van der Waals surface area contributed by atoms with Crippen molar-refractivity contribution in [3.8, 4) is 0 Å². The predicted octanol–water partition coefficient (Wildman–Crippen LogP) is 0.893. The molecule has 0 aromatic rings. The summed E-state index contributed by atoms with van der Waals surface area (Å²) < 4.78 is 0. The zero-order chi connectivity index (χ0) is 6.53. The van der Waals surface area contributed by atoms with E-state index in [0.29, 0.717) is 6.04 Å². The molecule has 0 aromatic carbocycles. The molecule has 1 aliphatic rings. The van der Waals surface area contributed by atoms with Gasteiger partial charge in [-0.3, -0.25) is 0 Å². The Morgan fingerprint density at radius 3 is 3.00 bits per heavy atom. The molecule has 1 unspecified atom stereocenters. The van der Waals surface area contributed by atoms with E-state index in [9.17, 15) is 0 Å². The average molecular weight is 124 g/mol. The summed E-state index contributed by atoms with van der Waals surface area (Å²) in [6.07, 6.45) is 12.3. The maximum absolute atomic E-state index is 3.98. The molecule has 0 fully saturated rings. The summed E-state index contributed by atoms with van der Waals surface area (Å²) in [6.45, 7) is 0. The van der Waals surface area contributed by atoms with Gasteiger partial charge in [0.1, 0.15) is 6.04 Å². The van der Waals surface area contributed by atoms with Crippen LogP contribution in [0.2, 0.25) is 0 Å². The lowest BCUT2D eigenvalue weighted by molar-refractivity contribution is -0.404. The zero-order valence-electron chi connectivity index (χ0n) is 5.72. The Morgan fingerprint density at radius 2 is 2.11 bits per heavy atom. The minimum atomic E-state index is 0.537. The van der Waals surface area contributed by atoms with Gasteiger partial charge in [0.15, 0.2) is 0 Å². The van der Waals surface area contributed by atoms with Crippen LogP contribution in [0.5, 0.6) is 0 Å². The van der Waals surface area contributed by atoms with Gasteiger partial charge >= 0.3 is 0 Å². The minimum absolute atomic E-state index is 0.537. The number of allylic oxidation sites excluding steroid dienone is 3. The highest BCUT2D eigenvalue weighted by atomic mass is 14.6. The molecule has 0 spiro atoms. The summed E-state index contributed by atoms with van der Waals surface area (Å²) >= 11 is 0. The first-order chi connectivity index (χ1) is 4.39. The molecule has 50 valence electrons. The van der Waals surface area contributed by atoms with Crippen molar-refractivity contribution in [2.75, 3.05) is 0 Å². The van der Waals surface area contributed by atoms with E-state index >= 15 is 0 Å². The van der Waals surface area contributed by atoms with Crippen LogP contribution in [0.4, 0.5) is 0 Å². The third-order valence-electron chi connectivity index (χ3n) is 1.55. The maximum atomic E-state index is 3.98. The Bertz CT molecular complexity index is 125. The molecule has 0 radical (unpaired) electrons. The maximum Gasteiger partial charge on any atom is 0.103 e. The normalized spacial score (nSPS) is 34.6. The van der Waals surface area contributed by atoms with Gasteiger partial charge in [-0.15, -0.1) is 0 Å². The lowest BCUT2D eigenvalue weighted by atomic mass is 10.1. The number of hydrogen-bond acceptors (Lipinski definition) is 0. The van der Waals surface area contributed by atoms with Gasteiger partial charge in [-0.25, -0.2) is 0 Å². The molecule has 1 aliphatic carbocycles. The van der Waals surface area contributed by atoms with Crippen LogP contribution in [0, 0.1) is 0 Å². The van der Waals surface area contributed by atoms with Crippen molar-refractivity contribution >= 4 is 0 Å². The molecular weight excluding hydrogens is 110 g/mol. The molecule has 1 atom stereocenters. The summed E-state index contributed by atoms with van der Waals surface area (Å²) in [5, 5.41) is 0. The van der Waals surface area contributed by atoms with E-state index in [2.05, 4.69) is 30.0 Å². The molecule has 0 bridgehead atoms. The average Bonchev–Trinajstić information content (AvgIpc) is 1.79. The van der Waals surface area contributed by atoms with Crippen LogP contribution < -0.4 is 5.73 Å². The zero-order valence-corrected chi connectivity index (χ0v) is 5.72. The molecule has 3 N–H and O–H groups in total. The van der Waals surface area contributed by atoms with E-state index in [4.69, 9.17) is 0 Å². The molecule has 0 heterocycles. The van der Waals surface area contributed by atoms with Crippen LogP contribution in [0.25, 0.3) is 0 Å². The highest BCUT2D eigenvalue weighted by Gasteiger charge is 1.98. The first-order valence-electron chi connectivity index (χ1n) is 3.54. The van der Waals surface area contributed by atoms with Crippen LogP contribution in [0.15, 0.2) is 24.3 Å². The molecule has 1 heteroatoms. The highest BCUT2D eigenvalue weighted by molar-refractivity contribution is 4.98. The molecule has 0 aliphatic heterocycles. The van der Waals surface area contributed by atoms with Gasteiger partial charge < -0.3 is 5.73 Å². The van der Waals surface area contributed by atoms with Crippen molar-refractivity contribution in [2.24, 2.45) is 0 Å². The Balaban J connectivity index is 2.40. The molecule has 1 rings (SSSR count). The Kier molecular flexibility index (Phi) is 2.52. The van der Waals surface area contributed by atoms with E-state index in [0.717, 1.165) is 6.42 Å². The molecule has 0 saturated carbocycles. The monoisotopic (exact) mass is 124 g/mol. The molecule has 0 amide bonds. The second-order valence-electron chi connectivity index (χ2n) is 2.47. The number of rotatable bonds is 0. The van der Waals surface area contributed by atoms with Crippen molar-refractivity contribution in [1.29, 1.82) is 0 Å². The highest BCUT2D eigenvalue weighted by Crippen LogP contribution is 2.01. The van der Waals surface area contributed by atoms with Gasteiger partial charge in [0.2, 0.25) is 0 Å². The van der Waals surface area contributed by atoms with E-state index < -0.39 is 0 Å². The van der Waals surface area contributed by atoms with Crippen molar-refractivity contribution in [1.82, 2.24) is 0 Å². The fourth-order valence-electron chi connectivity index (χ4n) is 0.970. The van der Waals surface area contributed by atoms with E-state index in [1.165, 1.54) is 12.8 Å². The molecule has 1 nitrogen and oxygen atoms in total. The number of quaternary nitrogens is 1. The quantitative estimate of drug-likeness (QED) is 0.464. The van der Waals surface area contributed by atoms with Crippen LogP contribution in [0.1, 0.15) is 19.3 Å². The van der Waals surface area contributed by atoms with Gasteiger partial charge in [0, 0.05) is 6.42 Å². The minimum Gasteiger partial charge on any atom is -0.352 e. The Hall–Kier alpha value is -0.560. The first kappa shape index (κ1) is 6.56. The molecular formula is C8H14N+. The molecule has 0 saturated heterocycles. The van der Waals surface area contributed by atoms with Crippen LogP contribution >= 0.6 is 0 Å². The number of hydrogen-bond donors (Lipinski definition) is 1. The fourth-order valence-corrected chi connectivity index (χ4v) is 0.970. The molecule has 0 aromatic heterocycles. The second kappa shape index (κ2) is 3.46. The lowest BCUT2D eigenvalue weighted by Crippen LogP contribution is -2.59. The summed E-state index contributed by atoms with van der Waals surface area (Å²) in [5.74, 6) is 0. The topological polar surface area (TPSA) is 27.6 Å². The second-order valence-corrected chi connectivity index (χ2v) is 2.47. The molecule has 9 heavy (non-hydrogen) atoms. The van der Waals surface area contributed by atoms with E-state index in [-0.39, 0.29) is 0 Å². The van der Waals surface area contributed by atoms with Gasteiger partial charge in [-0.05, 0) is 18.9 Å². The first-order valence-corrected chi connectivity index (χ1v) is 3.54.